The van der Waals surface area contributed by atoms with E-state index in [0.29, 0.717) is 22.6 Å². The van der Waals surface area contributed by atoms with Gasteiger partial charge < -0.3 is 19.2 Å². The lowest BCUT2D eigenvalue weighted by atomic mass is 10.1. The summed E-state index contributed by atoms with van der Waals surface area (Å²) in [5.41, 5.74) is 1.16. The molecule has 1 N–H and O–H groups in total. The van der Waals surface area contributed by atoms with Gasteiger partial charge in [0, 0.05) is 5.56 Å². The molecule has 2 aromatic carbocycles. The van der Waals surface area contributed by atoms with Crippen molar-refractivity contribution in [3.63, 3.8) is 0 Å². The zero-order valence-corrected chi connectivity index (χ0v) is 15.3. The molecular formula is C22H19NO5. The third-order valence-corrected chi connectivity index (χ3v) is 3.86. The van der Waals surface area contributed by atoms with Crippen molar-refractivity contribution in [1.82, 2.24) is 5.32 Å². The third kappa shape index (κ3) is 5.11. The van der Waals surface area contributed by atoms with Gasteiger partial charge in [0.15, 0.2) is 0 Å². The minimum atomic E-state index is -0.670. The Morgan fingerprint density at radius 1 is 1.00 bits per heavy atom. The van der Waals surface area contributed by atoms with Gasteiger partial charge in [0.25, 0.3) is 5.91 Å². The smallest absolute Gasteiger partial charge is 0.355 e. The maximum atomic E-state index is 12.6. The Labute approximate surface area is 162 Å². The van der Waals surface area contributed by atoms with Crippen molar-refractivity contribution < 1.29 is 23.5 Å². The van der Waals surface area contributed by atoms with Crippen LogP contribution in [0.1, 0.15) is 21.7 Å². The van der Waals surface area contributed by atoms with Crippen LogP contribution in [-0.4, -0.2) is 19.0 Å². The molecule has 0 spiro atoms. The van der Waals surface area contributed by atoms with E-state index in [9.17, 15) is 9.59 Å². The molecule has 3 aromatic rings. The van der Waals surface area contributed by atoms with Crippen molar-refractivity contribution in [3.8, 4) is 5.75 Å². The van der Waals surface area contributed by atoms with E-state index >= 15 is 0 Å². The number of amides is 1. The molecule has 28 heavy (non-hydrogen) atoms. The van der Waals surface area contributed by atoms with Crippen molar-refractivity contribution in [1.29, 1.82) is 0 Å². The van der Waals surface area contributed by atoms with Crippen LogP contribution in [-0.2, 0) is 16.1 Å². The normalized spacial score (nSPS) is 11.0. The Balaban J connectivity index is 1.80. The summed E-state index contributed by atoms with van der Waals surface area (Å²) in [6.45, 7) is -0.0347. The first-order chi connectivity index (χ1) is 13.7. The van der Waals surface area contributed by atoms with Crippen LogP contribution in [0, 0.1) is 0 Å². The maximum Gasteiger partial charge on any atom is 0.355 e. The van der Waals surface area contributed by atoms with Crippen molar-refractivity contribution in [2.24, 2.45) is 0 Å². The largest absolute Gasteiger partial charge is 0.497 e. The summed E-state index contributed by atoms with van der Waals surface area (Å²) in [6.07, 6.45) is 3.04. The average molecular weight is 377 g/mol. The molecule has 6 heteroatoms. The number of carbonyl (C=O) groups is 2. The number of nitrogens with one attached hydrogen (secondary N) is 1. The first-order valence-electron chi connectivity index (χ1n) is 8.57. The summed E-state index contributed by atoms with van der Waals surface area (Å²) in [4.78, 5) is 25.0. The zero-order chi connectivity index (χ0) is 19.8. The molecule has 0 bridgehead atoms. The number of rotatable bonds is 7. The number of ether oxygens (including phenoxy) is 2. The molecule has 1 heterocycles. The fourth-order valence-corrected chi connectivity index (χ4v) is 2.41. The van der Waals surface area contributed by atoms with Gasteiger partial charge in [-0.1, -0.05) is 30.3 Å². The Hall–Kier alpha value is -3.80. The van der Waals surface area contributed by atoms with Gasteiger partial charge in [-0.05, 0) is 48.0 Å². The lowest BCUT2D eigenvalue weighted by Gasteiger charge is -2.10. The Kier molecular flexibility index (Phi) is 6.25. The molecule has 0 aliphatic heterocycles. The number of furan rings is 1. The van der Waals surface area contributed by atoms with Crippen molar-refractivity contribution >= 4 is 18.0 Å². The number of hydrogen-bond acceptors (Lipinski definition) is 5. The van der Waals surface area contributed by atoms with E-state index in [1.807, 2.05) is 6.07 Å². The molecule has 0 aliphatic rings. The molecule has 1 aromatic heterocycles. The second-order valence-electron chi connectivity index (χ2n) is 5.81. The van der Waals surface area contributed by atoms with Crippen LogP contribution < -0.4 is 10.1 Å². The van der Waals surface area contributed by atoms with Gasteiger partial charge in [-0.15, -0.1) is 0 Å². The highest BCUT2D eigenvalue weighted by atomic mass is 16.5. The first kappa shape index (κ1) is 19.0. The summed E-state index contributed by atoms with van der Waals surface area (Å²) < 4.78 is 15.6. The Morgan fingerprint density at radius 3 is 2.39 bits per heavy atom. The third-order valence-electron chi connectivity index (χ3n) is 3.86. The van der Waals surface area contributed by atoms with Crippen LogP contribution in [0.3, 0.4) is 0 Å². The molecule has 142 valence electrons. The highest BCUT2D eigenvalue weighted by molar-refractivity contribution is 6.03. The van der Waals surface area contributed by atoms with E-state index in [1.165, 1.54) is 6.26 Å². The van der Waals surface area contributed by atoms with Crippen molar-refractivity contribution in [3.05, 3.63) is 95.6 Å². The summed E-state index contributed by atoms with van der Waals surface area (Å²) >= 11 is 0. The zero-order valence-electron chi connectivity index (χ0n) is 15.3. The predicted octanol–water partition coefficient (Wildman–Crippen LogP) is 3.80. The van der Waals surface area contributed by atoms with E-state index in [1.54, 1.807) is 73.8 Å². The maximum absolute atomic E-state index is 12.6. The van der Waals surface area contributed by atoms with E-state index in [4.69, 9.17) is 13.9 Å². The van der Waals surface area contributed by atoms with E-state index in [-0.39, 0.29) is 12.3 Å². The fraction of sp³-hybridized carbons (Fsp3) is 0.0909. The minimum Gasteiger partial charge on any atom is -0.497 e. The quantitative estimate of drug-likeness (QED) is 0.500. The highest BCUT2D eigenvalue weighted by Crippen LogP contribution is 2.15. The SMILES string of the molecule is COc1ccc(/C=C(\NC(=O)c2ccccc2)C(=O)OCc2ccco2)cc1. The van der Waals surface area contributed by atoms with Crippen LogP contribution in [0.15, 0.2) is 83.1 Å². The lowest BCUT2D eigenvalue weighted by molar-refractivity contribution is -0.141. The number of esters is 1. The van der Waals surface area contributed by atoms with Crippen LogP contribution in [0.2, 0.25) is 0 Å². The van der Waals surface area contributed by atoms with E-state index < -0.39 is 11.9 Å². The van der Waals surface area contributed by atoms with Crippen LogP contribution >= 0.6 is 0 Å². The van der Waals surface area contributed by atoms with Gasteiger partial charge >= 0.3 is 5.97 Å². The average Bonchev–Trinajstić information content (AvgIpc) is 3.26. The van der Waals surface area contributed by atoms with Gasteiger partial charge in [-0.2, -0.15) is 0 Å². The molecule has 6 nitrogen and oxygen atoms in total. The minimum absolute atomic E-state index is 0.0191. The van der Waals surface area contributed by atoms with Crippen molar-refractivity contribution in [2.75, 3.05) is 7.11 Å². The Morgan fingerprint density at radius 2 is 1.75 bits per heavy atom. The van der Waals surface area contributed by atoms with Gasteiger partial charge in [0.2, 0.25) is 0 Å². The lowest BCUT2D eigenvalue weighted by Crippen LogP contribution is -2.28. The summed E-state index contributed by atoms with van der Waals surface area (Å²) in [6, 6.07) is 19.1. The van der Waals surface area contributed by atoms with Crippen LogP contribution in [0.25, 0.3) is 6.08 Å². The molecule has 0 aliphatic carbocycles. The molecule has 0 saturated heterocycles. The molecule has 1 amide bonds. The van der Waals surface area contributed by atoms with Crippen molar-refractivity contribution in [2.45, 2.75) is 6.61 Å². The summed E-state index contributed by atoms with van der Waals surface area (Å²) in [5, 5.41) is 2.63. The second-order valence-corrected chi connectivity index (χ2v) is 5.81. The number of benzene rings is 2. The molecule has 0 saturated carbocycles. The van der Waals surface area contributed by atoms with Gasteiger partial charge in [0.1, 0.15) is 23.8 Å². The second kappa shape index (κ2) is 9.23. The topological polar surface area (TPSA) is 77.8 Å². The van der Waals surface area contributed by atoms with Crippen LogP contribution in [0.4, 0.5) is 0 Å². The monoisotopic (exact) mass is 377 g/mol. The Bertz CT molecular complexity index is 944. The molecule has 0 fully saturated rings. The molecular weight excluding hydrogens is 358 g/mol. The summed E-state index contributed by atoms with van der Waals surface area (Å²) in [7, 11) is 1.57. The van der Waals surface area contributed by atoms with Gasteiger partial charge in [0.05, 0.1) is 13.4 Å². The van der Waals surface area contributed by atoms with Crippen LogP contribution in [0.5, 0.6) is 5.75 Å². The highest BCUT2D eigenvalue weighted by Gasteiger charge is 2.16. The van der Waals surface area contributed by atoms with Gasteiger partial charge in [-0.3, -0.25) is 4.79 Å². The predicted molar refractivity (Wildman–Crippen MR) is 103 cm³/mol. The standard InChI is InChI=1S/C22H19NO5/c1-26-18-11-9-16(10-12-18)14-20(22(25)28-15-19-8-5-13-27-19)23-21(24)17-6-3-2-4-7-17/h2-14H,15H2,1H3,(H,23,24)/b20-14-. The molecule has 0 unspecified atom stereocenters. The first-order valence-corrected chi connectivity index (χ1v) is 8.57. The molecule has 0 radical (unpaired) electrons. The number of methoxy groups -OCH3 is 1. The number of carbonyl (C=O) groups excluding carboxylic acids is 2. The summed E-state index contributed by atoms with van der Waals surface area (Å²) in [5.74, 6) is 0.116. The van der Waals surface area contributed by atoms with E-state index in [0.717, 1.165) is 0 Å². The van der Waals surface area contributed by atoms with Gasteiger partial charge in [-0.25, -0.2) is 4.79 Å². The fourth-order valence-electron chi connectivity index (χ4n) is 2.41. The van der Waals surface area contributed by atoms with E-state index in [2.05, 4.69) is 5.32 Å². The number of hydrogen-bond donors (Lipinski definition) is 1. The molecule has 3 rings (SSSR count). The molecule has 0 atom stereocenters.